The Bertz CT molecular complexity index is 379. The third kappa shape index (κ3) is 18.0. The van der Waals surface area contributed by atoms with Crippen LogP contribution in [0, 0.1) is 23.7 Å². The van der Waals surface area contributed by atoms with Gasteiger partial charge < -0.3 is 10.2 Å². The van der Waals surface area contributed by atoms with E-state index in [1.807, 2.05) is 0 Å². The molecule has 174 valence electrons. The molecule has 0 aliphatic carbocycles. The fraction of sp³-hybridized carbons (Fsp3) is 0.962. The van der Waals surface area contributed by atoms with E-state index in [1.165, 1.54) is 57.8 Å². The first-order valence-corrected chi connectivity index (χ1v) is 12.8. The summed E-state index contributed by atoms with van der Waals surface area (Å²) in [6.45, 7) is 19.9. The summed E-state index contributed by atoms with van der Waals surface area (Å²) in [4.78, 5) is 14.4. The highest BCUT2D eigenvalue weighted by molar-refractivity contribution is 5.76. The van der Waals surface area contributed by atoms with E-state index in [4.69, 9.17) is 0 Å². The molecule has 0 fully saturated rings. The van der Waals surface area contributed by atoms with Gasteiger partial charge in [-0.3, -0.25) is 4.79 Å². The molecule has 0 aliphatic heterocycles. The Kier molecular flexibility index (Phi) is 17.9. The first-order chi connectivity index (χ1) is 13.8. The van der Waals surface area contributed by atoms with Crippen LogP contribution in [0.25, 0.3) is 0 Å². The van der Waals surface area contributed by atoms with E-state index >= 15 is 0 Å². The van der Waals surface area contributed by atoms with Crippen molar-refractivity contribution in [3.63, 3.8) is 0 Å². The molecule has 0 saturated carbocycles. The minimum Gasteiger partial charge on any atom is -0.355 e. The summed E-state index contributed by atoms with van der Waals surface area (Å²) in [6, 6.07) is 0. The van der Waals surface area contributed by atoms with Crippen molar-refractivity contribution in [2.75, 3.05) is 26.2 Å². The molecule has 0 saturated heterocycles. The number of rotatable bonds is 19. The minimum absolute atomic E-state index is 0.226. The van der Waals surface area contributed by atoms with Gasteiger partial charge in [0, 0.05) is 19.5 Å². The largest absolute Gasteiger partial charge is 0.355 e. The molecule has 0 aromatic heterocycles. The second-order valence-corrected chi connectivity index (χ2v) is 10.1. The van der Waals surface area contributed by atoms with Gasteiger partial charge in [0.25, 0.3) is 0 Å². The molecule has 3 heteroatoms. The van der Waals surface area contributed by atoms with E-state index < -0.39 is 0 Å². The van der Waals surface area contributed by atoms with Gasteiger partial charge in [0.05, 0.1) is 0 Å². The van der Waals surface area contributed by atoms with Crippen LogP contribution in [0.3, 0.4) is 0 Å². The zero-order valence-corrected chi connectivity index (χ0v) is 21.1. The summed E-state index contributed by atoms with van der Waals surface area (Å²) < 4.78 is 0. The SMILES string of the molecule is CCN(CC)CCNC(=O)CC(C)CCCC(C)CCCC(C)CCCC(C)C. The lowest BCUT2D eigenvalue weighted by Gasteiger charge is -2.19. The van der Waals surface area contributed by atoms with Gasteiger partial charge in [-0.15, -0.1) is 0 Å². The van der Waals surface area contributed by atoms with Gasteiger partial charge in [-0.1, -0.05) is 106 Å². The Morgan fingerprint density at radius 2 is 1.17 bits per heavy atom. The summed E-state index contributed by atoms with van der Waals surface area (Å²) in [5.74, 6) is 3.29. The Morgan fingerprint density at radius 1 is 0.724 bits per heavy atom. The molecule has 3 unspecified atom stereocenters. The van der Waals surface area contributed by atoms with E-state index in [1.54, 1.807) is 0 Å². The molecule has 3 atom stereocenters. The summed E-state index contributed by atoms with van der Waals surface area (Å²) in [5.41, 5.74) is 0. The second kappa shape index (κ2) is 18.2. The first kappa shape index (κ1) is 28.4. The summed E-state index contributed by atoms with van der Waals surface area (Å²) in [5, 5.41) is 3.09. The Labute approximate surface area is 183 Å². The van der Waals surface area contributed by atoms with Crippen LogP contribution in [0.1, 0.15) is 113 Å². The van der Waals surface area contributed by atoms with Gasteiger partial charge in [0.1, 0.15) is 0 Å². The Balaban J connectivity index is 3.69. The predicted molar refractivity (Wildman–Crippen MR) is 129 cm³/mol. The zero-order valence-electron chi connectivity index (χ0n) is 21.1. The molecule has 29 heavy (non-hydrogen) atoms. The molecule has 0 aromatic rings. The van der Waals surface area contributed by atoms with Crippen LogP contribution in [0.4, 0.5) is 0 Å². The Hall–Kier alpha value is -0.570. The average Bonchev–Trinajstić information content (AvgIpc) is 2.65. The number of nitrogens with zero attached hydrogens (tertiary/aromatic N) is 1. The number of hydrogen-bond donors (Lipinski definition) is 1. The third-order valence-electron chi connectivity index (χ3n) is 6.44. The van der Waals surface area contributed by atoms with Crippen molar-refractivity contribution < 1.29 is 4.79 Å². The van der Waals surface area contributed by atoms with Crippen molar-refractivity contribution in [2.45, 2.75) is 113 Å². The molecule has 0 heterocycles. The van der Waals surface area contributed by atoms with Crippen LogP contribution < -0.4 is 5.32 Å². The number of likely N-dealkylation sites (N-methyl/N-ethyl adjacent to an activating group) is 1. The topological polar surface area (TPSA) is 32.3 Å². The number of carbonyl (C=O) groups excluding carboxylic acids is 1. The normalized spacial score (nSPS) is 14.9. The van der Waals surface area contributed by atoms with E-state index in [9.17, 15) is 4.79 Å². The number of nitrogens with one attached hydrogen (secondary N) is 1. The highest BCUT2D eigenvalue weighted by Crippen LogP contribution is 2.22. The lowest BCUT2D eigenvalue weighted by Crippen LogP contribution is -2.35. The minimum atomic E-state index is 0.226. The lowest BCUT2D eigenvalue weighted by molar-refractivity contribution is -0.122. The number of carbonyl (C=O) groups is 1. The van der Waals surface area contributed by atoms with Gasteiger partial charge in [-0.05, 0) is 36.8 Å². The quantitative estimate of drug-likeness (QED) is 0.251. The molecular formula is C26H54N2O. The van der Waals surface area contributed by atoms with Crippen LogP contribution >= 0.6 is 0 Å². The van der Waals surface area contributed by atoms with Crippen molar-refractivity contribution in [1.82, 2.24) is 10.2 Å². The lowest BCUT2D eigenvalue weighted by atomic mass is 9.90. The van der Waals surface area contributed by atoms with Crippen molar-refractivity contribution in [1.29, 1.82) is 0 Å². The van der Waals surface area contributed by atoms with E-state index in [0.29, 0.717) is 12.3 Å². The fourth-order valence-corrected chi connectivity index (χ4v) is 4.18. The molecule has 1 amide bonds. The zero-order chi connectivity index (χ0) is 22.1. The monoisotopic (exact) mass is 410 g/mol. The molecule has 0 aromatic carbocycles. The van der Waals surface area contributed by atoms with Gasteiger partial charge in [0.2, 0.25) is 5.91 Å². The molecule has 0 aliphatic rings. The van der Waals surface area contributed by atoms with Crippen LogP contribution in [0.2, 0.25) is 0 Å². The van der Waals surface area contributed by atoms with E-state index in [0.717, 1.165) is 43.9 Å². The highest BCUT2D eigenvalue weighted by Gasteiger charge is 2.11. The smallest absolute Gasteiger partial charge is 0.220 e. The van der Waals surface area contributed by atoms with E-state index in [2.05, 4.69) is 58.7 Å². The van der Waals surface area contributed by atoms with E-state index in [-0.39, 0.29) is 5.91 Å². The van der Waals surface area contributed by atoms with Crippen LogP contribution in [-0.2, 0) is 4.79 Å². The van der Waals surface area contributed by atoms with Crippen molar-refractivity contribution >= 4 is 5.91 Å². The highest BCUT2D eigenvalue weighted by atomic mass is 16.1. The van der Waals surface area contributed by atoms with Crippen molar-refractivity contribution in [3.8, 4) is 0 Å². The van der Waals surface area contributed by atoms with Gasteiger partial charge >= 0.3 is 0 Å². The van der Waals surface area contributed by atoms with Crippen LogP contribution in [-0.4, -0.2) is 37.0 Å². The molecule has 0 radical (unpaired) electrons. The molecule has 1 N–H and O–H groups in total. The van der Waals surface area contributed by atoms with Crippen LogP contribution in [0.15, 0.2) is 0 Å². The third-order valence-corrected chi connectivity index (χ3v) is 6.44. The molecule has 0 bridgehead atoms. The predicted octanol–water partition coefficient (Wildman–Crippen LogP) is 6.91. The maximum atomic E-state index is 12.1. The van der Waals surface area contributed by atoms with Gasteiger partial charge in [-0.25, -0.2) is 0 Å². The van der Waals surface area contributed by atoms with Gasteiger partial charge in [0.15, 0.2) is 0 Å². The average molecular weight is 411 g/mol. The summed E-state index contributed by atoms with van der Waals surface area (Å²) in [7, 11) is 0. The second-order valence-electron chi connectivity index (χ2n) is 10.1. The van der Waals surface area contributed by atoms with Crippen LogP contribution in [0.5, 0.6) is 0 Å². The standard InChI is InChI=1S/C26H54N2O/c1-8-28(9-2)20-19-27-26(29)21-25(7)18-12-17-24(6)16-11-15-23(5)14-10-13-22(3)4/h22-25H,8-21H2,1-7H3,(H,27,29). The van der Waals surface area contributed by atoms with Gasteiger partial charge in [-0.2, -0.15) is 0 Å². The number of amides is 1. The maximum absolute atomic E-state index is 12.1. The maximum Gasteiger partial charge on any atom is 0.220 e. The number of hydrogen-bond acceptors (Lipinski definition) is 2. The molecule has 0 rings (SSSR count). The Morgan fingerprint density at radius 3 is 1.62 bits per heavy atom. The fourth-order valence-electron chi connectivity index (χ4n) is 4.18. The van der Waals surface area contributed by atoms with Crippen molar-refractivity contribution in [2.24, 2.45) is 23.7 Å². The first-order valence-electron chi connectivity index (χ1n) is 12.8. The molecule has 0 spiro atoms. The summed E-state index contributed by atoms with van der Waals surface area (Å²) in [6.07, 6.45) is 12.8. The van der Waals surface area contributed by atoms with Crippen molar-refractivity contribution in [3.05, 3.63) is 0 Å². The summed E-state index contributed by atoms with van der Waals surface area (Å²) >= 11 is 0. The molecular weight excluding hydrogens is 356 g/mol. The molecule has 3 nitrogen and oxygen atoms in total.